The molecule has 0 radical (unpaired) electrons. The number of rotatable bonds is 7. The summed E-state index contributed by atoms with van der Waals surface area (Å²) in [6, 6.07) is 2.46. The number of hydrogen-bond acceptors (Lipinski definition) is 6. The van der Waals surface area contributed by atoms with Crippen molar-refractivity contribution < 1.29 is 4.74 Å². The molecule has 1 aromatic rings. The Hall–Kier alpha value is -1.40. The molecule has 1 atom stereocenters. The van der Waals surface area contributed by atoms with Crippen molar-refractivity contribution in [3.8, 4) is 0 Å². The van der Waals surface area contributed by atoms with Gasteiger partial charge in [0, 0.05) is 31.5 Å². The second-order valence-corrected chi connectivity index (χ2v) is 5.10. The number of methoxy groups -OCH3 is 1. The van der Waals surface area contributed by atoms with Crippen LogP contribution in [0.5, 0.6) is 0 Å². The van der Waals surface area contributed by atoms with Crippen LogP contribution in [0, 0.1) is 12.8 Å². The van der Waals surface area contributed by atoms with Crippen LogP contribution in [0.2, 0.25) is 0 Å². The van der Waals surface area contributed by atoms with Gasteiger partial charge in [0.25, 0.3) is 0 Å². The van der Waals surface area contributed by atoms with Crippen molar-refractivity contribution in [3.63, 3.8) is 0 Å². The van der Waals surface area contributed by atoms with Crippen molar-refractivity contribution in [2.75, 3.05) is 30.6 Å². The lowest BCUT2D eigenvalue weighted by atomic mass is 10.2. The highest BCUT2D eigenvalue weighted by atomic mass is 16.5. The Morgan fingerprint density at radius 2 is 2.26 bits per heavy atom. The zero-order valence-corrected chi connectivity index (χ0v) is 11.9. The van der Waals surface area contributed by atoms with Gasteiger partial charge in [-0.25, -0.2) is 10.8 Å². The van der Waals surface area contributed by atoms with Gasteiger partial charge in [0.05, 0.1) is 6.61 Å². The summed E-state index contributed by atoms with van der Waals surface area (Å²) in [5.74, 6) is 7.56. The molecule has 19 heavy (non-hydrogen) atoms. The molecule has 0 saturated heterocycles. The molecule has 0 aromatic carbocycles. The topological polar surface area (TPSA) is 76.3 Å². The van der Waals surface area contributed by atoms with Gasteiger partial charge in [-0.2, -0.15) is 4.98 Å². The van der Waals surface area contributed by atoms with E-state index in [9.17, 15) is 0 Å². The molecule has 3 N–H and O–H groups in total. The monoisotopic (exact) mass is 265 g/mol. The molecular formula is C13H23N5O. The zero-order chi connectivity index (χ0) is 13.8. The van der Waals surface area contributed by atoms with E-state index in [1.54, 1.807) is 7.11 Å². The third-order valence-electron chi connectivity index (χ3n) is 3.60. The highest BCUT2D eigenvalue weighted by Crippen LogP contribution is 2.36. The van der Waals surface area contributed by atoms with E-state index in [0.717, 1.165) is 24.0 Å². The molecule has 1 saturated carbocycles. The molecule has 1 aromatic heterocycles. The highest BCUT2D eigenvalue weighted by molar-refractivity contribution is 5.45. The Morgan fingerprint density at radius 1 is 1.53 bits per heavy atom. The number of ether oxygens (including phenoxy) is 1. The zero-order valence-electron chi connectivity index (χ0n) is 11.9. The quantitative estimate of drug-likeness (QED) is 0.572. The summed E-state index contributed by atoms with van der Waals surface area (Å²) in [6.07, 6.45) is 2.60. The standard InChI is InChI=1S/C13H23N5O/c1-9-8-12(16-13(15-9)17-14)18(6-7-19-3)10(2)11-4-5-11/h8,10-11H,4-7,14H2,1-3H3,(H,15,16,17). The van der Waals surface area contributed by atoms with E-state index in [-0.39, 0.29) is 0 Å². The Bertz CT molecular complexity index is 421. The Labute approximate surface area is 114 Å². The van der Waals surface area contributed by atoms with Gasteiger partial charge in [-0.05, 0) is 32.6 Å². The van der Waals surface area contributed by atoms with Crippen LogP contribution in [0.25, 0.3) is 0 Å². The number of aryl methyl sites for hydroxylation is 1. The summed E-state index contributed by atoms with van der Waals surface area (Å²) in [4.78, 5) is 11.0. The predicted molar refractivity (Wildman–Crippen MR) is 76.0 cm³/mol. The number of hydrazine groups is 1. The molecule has 0 bridgehead atoms. The summed E-state index contributed by atoms with van der Waals surface area (Å²) < 4.78 is 5.21. The maximum atomic E-state index is 5.42. The van der Waals surface area contributed by atoms with Crippen LogP contribution in [0.4, 0.5) is 11.8 Å². The molecule has 0 amide bonds. The van der Waals surface area contributed by atoms with E-state index in [2.05, 4.69) is 27.2 Å². The predicted octanol–water partition coefficient (Wildman–Crippen LogP) is 1.32. The smallest absolute Gasteiger partial charge is 0.239 e. The molecule has 6 heteroatoms. The lowest BCUT2D eigenvalue weighted by Crippen LogP contribution is -2.38. The van der Waals surface area contributed by atoms with Crippen LogP contribution in [-0.2, 0) is 4.74 Å². The van der Waals surface area contributed by atoms with Crippen molar-refractivity contribution >= 4 is 11.8 Å². The van der Waals surface area contributed by atoms with E-state index in [1.807, 2.05) is 13.0 Å². The van der Waals surface area contributed by atoms with Crippen LogP contribution in [0.15, 0.2) is 6.07 Å². The van der Waals surface area contributed by atoms with Gasteiger partial charge in [0.15, 0.2) is 0 Å². The van der Waals surface area contributed by atoms with Gasteiger partial charge >= 0.3 is 0 Å². The first kappa shape index (κ1) is 14.0. The molecule has 2 rings (SSSR count). The molecule has 1 fully saturated rings. The first-order chi connectivity index (χ1) is 9.15. The maximum Gasteiger partial charge on any atom is 0.239 e. The van der Waals surface area contributed by atoms with Crippen molar-refractivity contribution in [2.45, 2.75) is 32.7 Å². The fraction of sp³-hybridized carbons (Fsp3) is 0.692. The number of nitrogen functional groups attached to an aromatic ring is 1. The SMILES string of the molecule is COCCN(c1cc(C)nc(NN)n1)C(C)C1CC1. The molecule has 1 unspecified atom stereocenters. The minimum absolute atomic E-state index is 0.459. The second-order valence-electron chi connectivity index (χ2n) is 5.10. The Kier molecular flexibility index (Phi) is 4.55. The molecule has 1 heterocycles. The largest absolute Gasteiger partial charge is 0.383 e. The number of hydrogen-bond donors (Lipinski definition) is 2. The van der Waals surface area contributed by atoms with Crippen LogP contribution < -0.4 is 16.2 Å². The highest BCUT2D eigenvalue weighted by Gasteiger charge is 2.32. The lowest BCUT2D eigenvalue weighted by molar-refractivity contribution is 0.202. The van der Waals surface area contributed by atoms with Gasteiger partial charge in [0.1, 0.15) is 5.82 Å². The van der Waals surface area contributed by atoms with Crippen LogP contribution in [-0.4, -0.2) is 36.3 Å². The number of nitrogens with one attached hydrogen (secondary N) is 1. The molecule has 1 aliphatic carbocycles. The summed E-state index contributed by atoms with van der Waals surface area (Å²) in [6.45, 7) is 5.71. The van der Waals surface area contributed by atoms with E-state index < -0.39 is 0 Å². The van der Waals surface area contributed by atoms with Crippen LogP contribution in [0.1, 0.15) is 25.5 Å². The molecular weight excluding hydrogens is 242 g/mol. The van der Waals surface area contributed by atoms with E-state index in [1.165, 1.54) is 12.8 Å². The third-order valence-corrected chi connectivity index (χ3v) is 3.60. The minimum atomic E-state index is 0.459. The molecule has 6 nitrogen and oxygen atoms in total. The minimum Gasteiger partial charge on any atom is -0.383 e. The molecule has 0 spiro atoms. The Morgan fingerprint density at radius 3 is 2.84 bits per heavy atom. The lowest BCUT2D eigenvalue weighted by Gasteiger charge is -2.30. The molecule has 0 aliphatic heterocycles. The number of aromatic nitrogens is 2. The van der Waals surface area contributed by atoms with Crippen molar-refractivity contribution in [3.05, 3.63) is 11.8 Å². The van der Waals surface area contributed by atoms with Gasteiger partial charge in [0.2, 0.25) is 5.95 Å². The summed E-state index contributed by atoms with van der Waals surface area (Å²) in [5, 5.41) is 0. The van der Waals surface area contributed by atoms with Gasteiger partial charge in [-0.3, -0.25) is 5.43 Å². The van der Waals surface area contributed by atoms with E-state index >= 15 is 0 Å². The maximum absolute atomic E-state index is 5.42. The molecule has 1 aliphatic rings. The number of nitrogens with zero attached hydrogens (tertiary/aromatic N) is 3. The first-order valence-corrected chi connectivity index (χ1v) is 6.73. The summed E-state index contributed by atoms with van der Waals surface area (Å²) in [5.41, 5.74) is 3.43. The van der Waals surface area contributed by atoms with Gasteiger partial charge in [-0.15, -0.1) is 0 Å². The van der Waals surface area contributed by atoms with E-state index in [4.69, 9.17) is 10.6 Å². The number of nitrogens with two attached hydrogens (primary N) is 1. The fourth-order valence-corrected chi connectivity index (χ4v) is 2.31. The van der Waals surface area contributed by atoms with Crippen molar-refractivity contribution in [1.29, 1.82) is 0 Å². The van der Waals surface area contributed by atoms with Gasteiger partial charge < -0.3 is 9.64 Å². The van der Waals surface area contributed by atoms with Crippen molar-refractivity contribution in [1.82, 2.24) is 9.97 Å². The van der Waals surface area contributed by atoms with Crippen LogP contribution >= 0.6 is 0 Å². The number of anilines is 2. The van der Waals surface area contributed by atoms with Crippen molar-refractivity contribution in [2.24, 2.45) is 11.8 Å². The molecule has 106 valence electrons. The average Bonchev–Trinajstić information content (AvgIpc) is 3.22. The van der Waals surface area contributed by atoms with Gasteiger partial charge in [-0.1, -0.05) is 0 Å². The van der Waals surface area contributed by atoms with E-state index in [0.29, 0.717) is 18.6 Å². The normalized spacial score (nSPS) is 16.2. The summed E-state index contributed by atoms with van der Waals surface area (Å²) >= 11 is 0. The second kappa shape index (κ2) is 6.16. The average molecular weight is 265 g/mol. The fourth-order valence-electron chi connectivity index (χ4n) is 2.31. The Balaban J connectivity index is 2.22. The first-order valence-electron chi connectivity index (χ1n) is 6.73. The van der Waals surface area contributed by atoms with Crippen LogP contribution in [0.3, 0.4) is 0 Å². The third kappa shape index (κ3) is 3.54. The summed E-state index contributed by atoms with van der Waals surface area (Å²) in [7, 11) is 1.72.